The molecule has 0 spiro atoms. The molecule has 2 aromatic heterocycles. The highest BCUT2D eigenvalue weighted by molar-refractivity contribution is 5.80. The van der Waals surface area contributed by atoms with E-state index >= 15 is 0 Å². The standard InChI is InChI=1S/C24H17N5O2/c1-28-23(30)20-4-2-3-5-21(20)29-22(26-27-24(28)29)15-31-19-12-10-18(11-13-19)17-8-6-16(14-25)7-9-17/h2-13H,15H2,1H3. The van der Waals surface area contributed by atoms with Gasteiger partial charge in [0.15, 0.2) is 5.82 Å². The van der Waals surface area contributed by atoms with E-state index in [-0.39, 0.29) is 12.2 Å². The monoisotopic (exact) mass is 407 g/mol. The molecule has 0 saturated carbocycles. The van der Waals surface area contributed by atoms with E-state index in [0.29, 0.717) is 28.3 Å². The van der Waals surface area contributed by atoms with Crippen LogP contribution in [0.4, 0.5) is 0 Å². The highest BCUT2D eigenvalue weighted by atomic mass is 16.5. The zero-order valence-corrected chi connectivity index (χ0v) is 16.7. The Balaban J connectivity index is 1.42. The van der Waals surface area contributed by atoms with Gasteiger partial charge in [-0.25, -0.2) is 0 Å². The highest BCUT2D eigenvalue weighted by Crippen LogP contribution is 2.23. The summed E-state index contributed by atoms with van der Waals surface area (Å²) in [7, 11) is 1.69. The third-order valence-electron chi connectivity index (χ3n) is 5.26. The number of aromatic nitrogens is 4. The van der Waals surface area contributed by atoms with Gasteiger partial charge in [0.25, 0.3) is 5.56 Å². The van der Waals surface area contributed by atoms with Crippen molar-refractivity contribution in [2.45, 2.75) is 6.61 Å². The SMILES string of the molecule is Cn1c(=O)c2ccccc2n2c(COc3ccc(-c4ccc(C#N)cc4)cc3)nnc12. The molecule has 0 atom stereocenters. The Labute approximate surface area is 177 Å². The van der Waals surface area contributed by atoms with Crippen LogP contribution in [0.3, 0.4) is 0 Å². The highest BCUT2D eigenvalue weighted by Gasteiger charge is 2.14. The molecule has 0 amide bonds. The van der Waals surface area contributed by atoms with Gasteiger partial charge in [0, 0.05) is 7.05 Å². The van der Waals surface area contributed by atoms with Gasteiger partial charge in [0.1, 0.15) is 12.4 Å². The van der Waals surface area contributed by atoms with Gasteiger partial charge in [0.05, 0.1) is 22.5 Å². The van der Waals surface area contributed by atoms with E-state index in [4.69, 9.17) is 10.00 Å². The van der Waals surface area contributed by atoms with Crippen LogP contribution in [0.1, 0.15) is 11.4 Å². The lowest BCUT2D eigenvalue weighted by molar-refractivity contribution is 0.295. The van der Waals surface area contributed by atoms with Gasteiger partial charge in [-0.3, -0.25) is 13.8 Å². The summed E-state index contributed by atoms with van der Waals surface area (Å²) in [6.45, 7) is 0.208. The maximum atomic E-state index is 12.6. The zero-order valence-electron chi connectivity index (χ0n) is 16.7. The molecule has 5 rings (SSSR count). The molecular weight excluding hydrogens is 390 g/mol. The van der Waals surface area contributed by atoms with Crippen molar-refractivity contribution in [3.63, 3.8) is 0 Å². The molecule has 0 saturated heterocycles. The molecule has 0 aliphatic carbocycles. The number of hydrogen-bond donors (Lipinski definition) is 0. The zero-order chi connectivity index (χ0) is 21.4. The van der Waals surface area contributed by atoms with E-state index < -0.39 is 0 Å². The largest absolute Gasteiger partial charge is 0.486 e. The quantitative estimate of drug-likeness (QED) is 0.453. The number of rotatable bonds is 4. The number of fused-ring (bicyclic) bond motifs is 3. The minimum absolute atomic E-state index is 0.110. The maximum absolute atomic E-state index is 12.6. The van der Waals surface area contributed by atoms with Crippen molar-refractivity contribution in [1.29, 1.82) is 5.26 Å². The Bertz CT molecular complexity index is 1510. The molecule has 0 unspecified atom stereocenters. The molecule has 0 aliphatic heterocycles. The van der Waals surface area contributed by atoms with Crippen LogP contribution < -0.4 is 10.3 Å². The molecule has 150 valence electrons. The van der Waals surface area contributed by atoms with Crippen molar-refractivity contribution in [2.75, 3.05) is 0 Å². The number of nitriles is 1. The molecule has 3 aromatic carbocycles. The maximum Gasteiger partial charge on any atom is 0.262 e. The molecular formula is C24H17N5O2. The van der Waals surface area contributed by atoms with Crippen molar-refractivity contribution in [2.24, 2.45) is 7.05 Å². The van der Waals surface area contributed by atoms with Crippen molar-refractivity contribution < 1.29 is 4.74 Å². The first kappa shape index (κ1) is 18.6. The normalized spacial score (nSPS) is 11.0. The van der Waals surface area contributed by atoms with Crippen LogP contribution in [0.15, 0.2) is 77.6 Å². The van der Waals surface area contributed by atoms with Crippen molar-refractivity contribution in [3.8, 4) is 22.9 Å². The van der Waals surface area contributed by atoms with E-state index in [9.17, 15) is 4.79 Å². The number of para-hydroxylation sites is 1. The summed E-state index contributed by atoms with van der Waals surface area (Å²) in [4.78, 5) is 12.6. The second kappa shape index (κ2) is 7.43. The number of nitrogens with zero attached hydrogens (tertiary/aromatic N) is 5. The smallest absolute Gasteiger partial charge is 0.262 e. The molecule has 0 aliphatic rings. The predicted molar refractivity (Wildman–Crippen MR) is 117 cm³/mol. The van der Waals surface area contributed by atoms with Crippen LogP contribution in [0, 0.1) is 11.3 Å². The third kappa shape index (κ3) is 3.20. The molecule has 31 heavy (non-hydrogen) atoms. The summed E-state index contributed by atoms with van der Waals surface area (Å²) < 4.78 is 9.29. The Morgan fingerprint density at radius 1 is 0.935 bits per heavy atom. The van der Waals surface area contributed by atoms with E-state index in [1.807, 2.05) is 59.0 Å². The number of aryl methyl sites for hydroxylation is 1. The second-order valence-corrected chi connectivity index (χ2v) is 7.14. The first-order valence-electron chi connectivity index (χ1n) is 9.71. The molecule has 7 heteroatoms. The summed E-state index contributed by atoms with van der Waals surface area (Å²) in [6, 6.07) is 24.7. The summed E-state index contributed by atoms with van der Waals surface area (Å²) in [5.74, 6) is 1.78. The Morgan fingerprint density at radius 2 is 1.61 bits per heavy atom. The molecule has 7 nitrogen and oxygen atoms in total. The molecule has 5 aromatic rings. The second-order valence-electron chi connectivity index (χ2n) is 7.14. The van der Waals surface area contributed by atoms with Gasteiger partial charge < -0.3 is 4.74 Å². The van der Waals surface area contributed by atoms with Crippen LogP contribution >= 0.6 is 0 Å². The number of benzene rings is 3. The molecule has 2 heterocycles. The predicted octanol–water partition coefficient (Wildman–Crippen LogP) is 3.70. The average molecular weight is 407 g/mol. The van der Waals surface area contributed by atoms with E-state index in [1.165, 1.54) is 4.57 Å². The molecule has 0 radical (unpaired) electrons. The summed E-state index contributed by atoms with van der Waals surface area (Å²) in [6.07, 6.45) is 0. The number of hydrogen-bond acceptors (Lipinski definition) is 5. The topological polar surface area (TPSA) is 85.2 Å². The lowest BCUT2D eigenvalue weighted by Gasteiger charge is -2.09. The van der Waals surface area contributed by atoms with Gasteiger partial charge in [-0.2, -0.15) is 5.26 Å². The minimum atomic E-state index is -0.110. The fourth-order valence-corrected chi connectivity index (χ4v) is 3.61. The Kier molecular flexibility index (Phi) is 4.45. The molecule has 0 bridgehead atoms. The van der Waals surface area contributed by atoms with Crippen LogP contribution in [0.5, 0.6) is 5.75 Å². The molecule has 0 fully saturated rings. The Morgan fingerprint density at radius 3 is 2.32 bits per heavy atom. The first-order chi connectivity index (χ1) is 15.2. The van der Waals surface area contributed by atoms with Crippen molar-refractivity contribution in [1.82, 2.24) is 19.2 Å². The van der Waals surface area contributed by atoms with Crippen LogP contribution in [0.25, 0.3) is 27.8 Å². The van der Waals surface area contributed by atoms with Crippen molar-refractivity contribution >= 4 is 16.7 Å². The van der Waals surface area contributed by atoms with Crippen LogP contribution in [0.2, 0.25) is 0 Å². The fourth-order valence-electron chi connectivity index (χ4n) is 3.61. The Hall–Kier alpha value is -4.44. The fraction of sp³-hybridized carbons (Fsp3) is 0.0833. The van der Waals surface area contributed by atoms with Gasteiger partial charge in [-0.1, -0.05) is 36.4 Å². The average Bonchev–Trinajstić information content (AvgIpc) is 3.26. The van der Waals surface area contributed by atoms with Gasteiger partial charge in [-0.05, 0) is 47.5 Å². The van der Waals surface area contributed by atoms with Gasteiger partial charge in [0.2, 0.25) is 5.78 Å². The third-order valence-corrected chi connectivity index (χ3v) is 5.26. The van der Waals surface area contributed by atoms with Gasteiger partial charge >= 0.3 is 0 Å². The summed E-state index contributed by atoms with van der Waals surface area (Å²) in [5, 5.41) is 18.0. The van der Waals surface area contributed by atoms with Crippen LogP contribution in [-0.2, 0) is 13.7 Å². The lowest BCUT2D eigenvalue weighted by atomic mass is 10.0. The first-order valence-corrected chi connectivity index (χ1v) is 9.71. The summed E-state index contributed by atoms with van der Waals surface area (Å²) >= 11 is 0. The van der Waals surface area contributed by atoms with Crippen molar-refractivity contribution in [3.05, 3.63) is 94.5 Å². The minimum Gasteiger partial charge on any atom is -0.486 e. The van der Waals surface area contributed by atoms with Crippen LogP contribution in [-0.4, -0.2) is 19.2 Å². The lowest BCUT2D eigenvalue weighted by Crippen LogP contribution is -2.20. The van der Waals surface area contributed by atoms with Gasteiger partial charge in [-0.15, -0.1) is 10.2 Å². The molecule has 0 N–H and O–H groups in total. The van der Waals surface area contributed by atoms with E-state index in [2.05, 4.69) is 16.3 Å². The summed E-state index contributed by atoms with van der Waals surface area (Å²) in [5.41, 5.74) is 3.34. The van der Waals surface area contributed by atoms with E-state index in [1.54, 1.807) is 25.2 Å². The van der Waals surface area contributed by atoms with E-state index in [0.717, 1.165) is 16.6 Å². The number of ether oxygens (including phenoxy) is 1.